The molecule has 1 aromatic heterocycles. The molecule has 5 nitrogen and oxygen atoms in total. The second kappa shape index (κ2) is 11.1. The minimum atomic E-state index is 0.161. The first-order valence-electron chi connectivity index (χ1n) is 11.2. The molecule has 4 rings (SSSR count). The van der Waals surface area contributed by atoms with Gasteiger partial charge >= 0.3 is 0 Å². The quantitative estimate of drug-likeness (QED) is 0.537. The van der Waals surface area contributed by atoms with Crippen LogP contribution in [0.1, 0.15) is 23.7 Å². The summed E-state index contributed by atoms with van der Waals surface area (Å²) in [5, 5.41) is 6.14. The highest BCUT2D eigenvalue weighted by Crippen LogP contribution is 2.22. The first-order chi connectivity index (χ1) is 15.7. The van der Waals surface area contributed by atoms with Crippen LogP contribution in [0.25, 0.3) is 6.08 Å². The van der Waals surface area contributed by atoms with Crippen LogP contribution in [-0.2, 0) is 17.6 Å². The topological polar surface area (TPSA) is 48.5 Å². The second-order valence-corrected chi connectivity index (χ2v) is 8.85. The molecule has 0 saturated carbocycles. The van der Waals surface area contributed by atoms with Crippen molar-refractivity contribution in [3.63, 3.8) is 0 Å². The highest BCUT2D eigenvalue weighted by molar-refractivity contribution is 7.13. The number of piperazine rings is 1. The van der Waals surface area contributed by atoms with Gasteiger partial charge in [0.2, 0.25) is 5.91 Å². The molecule has 166 valence electrons. The molecular weight excluding hydrogens is 416 g/mol. The molecule has 1 aliphatic rings. The van der Waals surface area contributed by atoms with Crippen LogP contribution in [0.5, 0.6) is 0 Å². The fourth-order valence-electron chi connectivity index (χ4n) is 3.74. The van der Waals surface area contributed by atoms with E-state index in [4.69, 9.17) is 0 Å². The Morgan fingerprint density at radius 2 is 1.81 bits per heavy atom. The van der Waals surface area contributed by atoms with E-state index in [1.807, 2.05) is 16.3 Å². The summed E-state index contributed by atoms with van der Waals surface area (Å²) < 4.78 is 0. The van der Waals surface area contributed by atoms with Gasteiger partial charge in [-0.2, -0.15) is 0 Å². The van der Waals surface area contributed by atoms with Crippen molar-refractivity contribution in [3.05, 3.63) is 82.9 Å². The third kappa shape index (κ3) is 6.28. The third-order valence-electron chi connectivity index (χ3n) is 5.70. The molecular formula is C26H30N4OS. The number of anilines is 2. The summed E-state index contributed by atoms with van der Waals surface area (Å²) in [5.74, 6) is 0.161. The van der Waals surface area contributed by atoms with Crippen molar-refractivity contribution in [2.75, 3.05) is 38.0 Å². The minimum absolute atomic E-state index is 0.161. The predicted octanol–water partition coefficient (Wildman–Crippen LogP) is 4.85. The third-order valence-corrected chi connectivity index (χ3v) is 6.50. The Kier molecular flexibility index (Phi) is 7.69. The molecule has 0 atom stereocenters. The fraction of sp³-hybridized carbons (Fsp3) is 0.308. The van der Waals surface area contributed by atoms with Gasteiger partial charge in [-0.1, -0.05) is 61.5 Å². The average molecular weight is 447 g/mol. The number of rotatable bonds is 8. The lowest BCUT2D eigenvalue weighted by atomic mass is 10.1. The lowest BCUT2D eigenvalue weighted by Gasteiger charge is -2.34. The largest absolute Gasteiger partial charge is 0.340 e. The zero-order chi connectivity index (χ0) is 22.2. The van der Waals surface area contributed by atoms with Gasteiger partial charge in [0, 0.05) is 43.8 Å². The molecule has 2 heterocycles. The Morgan fingerprint density at radius 1 is 1.06 bits per heavy atom. The molecule has 32 heavy (non-hydrogen) atoms. The zero-order valence-corrected chi connectivity index (χ0v) is 19.4. The van der Waals surface area contributed by atoms with Gasteiger partial charge in [0.15, 0.2) is 5.13 Å². The summed E-state index contributed by atoms with van der Waals surface area (Å²) in [6, 6.07) is 18.7. The van der Waals surface area contributed by atoms with Crippen LogP contribution in [0, 0.1) is 0 Å². The van der Waals surface area contributed by atoms with E-state index in [-0.39, 0.29) is 5.91 Å². The van der Waals surface area contributed by atoms with E-state index in [1.54, 1.807) is 11.3 Å². The molecule has 1 saturated heterocycles. The zero-order valence-electron chi connectivity index (χ0n) is 18.5. The first-order valence-corrected chi connectivity index (χ1v) is 12.1. The van der Waals surface area contributed by atoms with Crippen LogP contribution in [0.4, 0.5) is 10.8 Å². The maximum atomic E-state index is 12.7. The van der Waals surface area contributed by atoms with E-state index in [9.17, 15) is 4.79 Å². The SMILES string of the molecule is CCc1ccc(Nc2nc(CC(=O)N3CCN(C/C=C/c4ccccc4)CC3)cs2)cc1. The lowest BCUT2D eigenvalue weighted by molar-refractivity contribution is -0.132. The molecule has 3 aromatic rings. The average Bonchev–Trinajstić information content (AvgIpc) is 3.27. The maximum Gasteiger partial charge on any atom is 0.228 e. The van der Waals surface area contributed by atoms with E-state index in [2.05, 4.69) is 82.8 Å². The van der Waals surface area contributed by atoms with Crippen LogP contribution in [0.2, 0.25) is 0 Å². The monoisotopic (exact) mass is 446 g/mol. The van der Waals surface area contributed by atoms with Crippen LogP contribution in [0.3, 0.4) is 0 Å². The van der Waals surface area contributed by atoms with E-state index in [0.717, 1.165) is 55.7 Å². The summed E-state index contributed by atoms with van der Waals surface area (Å²) in [6.07, 6.45) is 5.75. The van der Waals surface area contributed by atoms with Crippen LogP contribution in [0.15, 0.2) is 66.1 Å². The van der Waals surface area contributed by atoms with Crippen molar-refractivity contribution in [3.8, 4) is 0 Å². The predicted molar refractivity (Wildman–Crippen MR) is 133 cm³/mol. The van der Waals surface area contributed by atoms with Crippen molar-refractivity contribution in [1.82, 2.24) is 14.8 Å². The number of hydrogen-bond acceptors (Lipinski definition) is 5. The van der Waals surface area contributed by atoms with Crippen LogP contribution >= 0.6 is 11.3 Å². The van der Waals surface area contributed by atoms with Crippen molar-refractivity contribution < 1.29 is 4.79 Å². The summed E-state index contributed by atoms with van der Waals surface area (Å²) in [5.41, 5.74) is 4.39. The van der Waals surface area contributed by atoms with Gasteiger partial charge < -0.3 is 10.2 Å². The molecule has 1 N–H and O–H groups in total. The molecule has 1 amide bonds. The summed E-state index contributed by atoms with van der Waals surface area (Å²) in [6.45, 7) is 6.42. The van der Waals surface area contributed by atoms with Gasteiger partial charge in [0.25, 0.3) is 0 Å². The smallest absolute Gasteiger partial charge is 0.228 e. The Balaban J connectivity index is 1.21. The molecule has 2 aromatic carbocycles. The lowest BCUT2D eigenvalue weighted by Crippen LogP contribution is -2.49. The standard InChI is InChI=1S/C26H30N4OS/c1-2-21-10-12-23(13-11-21)27-26-28-24(20-32-26)19-25(31)30-17-15-29(16-18-30)14-6-9-22-7-4-3-5-8-22/h3-13,20H,2,14-19H2,1H3,(H,27,28)/b9-6+. The number of hydrogen-bond donors (Lipinski definition) is 1. The fourth-order valence-corrected chi connectivity index (χ4v) is 4.47. The highest BCUT2D eigenvalue weighted by atomic mass is 32.1. The van der Waals surface area contributed by atoms with E-state index < -0.39 is 0 Å². The summed E-state index contributed by atoms with van der Waals surface area (Å²) in [4.78, 5) is 21.7. The number of nitrogens with zero attached hydrogens (tertiary/aromatic N) is 3. The van der Waals surface area contributed by atoms with Gasteiger partial charge in [-0.05, 0) is 29.7 Å². The normalized spacial score (nSPS) is 14.7. The number of amides is 1. The van der Waals surface area contributed by atoms with E-state index in [1.165, 1.54) is 11.1 Å². The molecule has 1 fully saturated rings. The van der Waals surface area contributed by atoms with Crippen molar-refractivity contribution in [2.24, 2.45) is 0 Å². The number of benzene rings is 2. The van der Waals surface area contributed by atoms with Crippen LogP contribution < -0.4 is 5.32 Å². The minimum Gasteiger partial charge on any atom is -0.340 e. The molecule has 6 heteroatoms. The summed E-state index contributed by atoms with van der Waals surface area (Å²) in [7, 11) is 0. The Bertz CT molecular complexity index is 1020. The Labute approximate surface area is 194 Å². The second-order valence-electron chi connectivity index (χ2n) is 7.99. The molecule has 0 radical (unpaired) electrons. The number of aryl methyl sites for hydroxylation is 1. The molecule has 0 bridgehead atoms. The number of aromatic nitrogens is 1. The molecule has 1 aliphatic heterocycles. The first kappa shape index (κ1) is 22.2. The number of carbonyl (C=O) groups is 1. The van der Waals surface area contributed by atoms with Crippen molar-refractivity contribution in [1.29, 1.82) is 0 Å². The van der Waals surface area contributed by atoms with Gasteiger partial charge in [0.1, 0.15) is 0 Å². The summed E-state index contributed by atoms with van der Waals surface area (Å²) >= 11 is 1.54. The number of nitrogens with one attached hydrogen (secondary N) is 1. The van der Waals surface area contributed by atoms with Gasteiger partial charge in [-0.15, -0.1) is 11.3 Å². The van der Waals surface area contributed by atoms with Crippen LogP contribution in [-0.4, -0.2) is 53.4 Å². The number of carbonyl (C=O) groups excluding carboxylic acids is 1. The van der Waals surface area contributed by atoms with Crippen molar-refractivity contribution >= 4 is 34.1 Å². The van der Waals surface area contributed by atoms with Crippen molar-refractivity contribution in [2.45, 2.75) is 19.8 Å². The maximum absolute atomic E-state index is 12.7. The van der Waals surface area contributed by atoms with Gasteiger partial charge in [-0.3, -0.25) is 9.69 Å². The molecule has 0 aliphatic carbocycles. The number of thiazole rings is 1. The Morgan fingerprint density at radius 3 is 2.53 bits per heavy atom. The van der Waals surface area contributed by atoms with Gasteiger partial charge in [-0.25, -0.2) is 4.98 Å². The highest BCUT2D eigenvalue weighted by Gasteiger charge is 2.21. The van der Waals surface area contributed by atoms with Gasteiger partial charge in [0.05, 0.1) is 12.1 Å². The van der Waals surface area contributed by atoms with E-state index >= 15 is 0 Å². The molecule has 0 unspecified atom stereocenters. The molecule has 0 spiro atoms. The van der Waals surface area contributed by atoms with E-state index in [0.29, 0.717) is 6.42 Å². The Hall–Kier alpha value is -2.96.